The summed E-state index contributed by atoms with van der Waals surface area (Å²) in [5.74, 6) is 0. The zero-order chi connectivity index (χ0) is 41.4. The van der Waals surface area contributed by atoms with Crippen molar-refractivity contribution < 1.29 is 4.42 Å². The van der Waals surface area contributed by atoms with Crippen LogP contribution in [0.5, 0.6) is 0 Å². The third kappa shape index (κ3) is 6.28. The molecule has 3 aromatic heterocycles. The van der Waals surface area contributed by atoms with Gasteiger partial charge < -0.3 is 4.42 Å². The summed E-state index contributed by atoms with van der Waals surface area (Å²) in [6.07, 6.45) is 0. The molecule has 13 rings (SSSR count). The predicted octanol–water partition coefficient (Wildman–Crippen LogP) is 18.3. The Labute approximate surface area is 372 Å². The highest BCUT2D eigenvalue weighted by Crippen LogP contribution is 2.41. The molecule has 294 valence electrons. The third-order valence-corrected chi connectivity index (χ3v) is 15.0. The molecule has 0 aliphatic rings. The highest BCUT2D eigenvalue weighted by Gasteiger charge is 2.14. The third-order valence-electron chi connectivity index (χ3n) is 12.7. The van der Waals surface area contributed by atoms with Crippen molar-refractivity contribution in [1.29, 1.82) is 0 Å². The molecule has 3 heterocycles. The van der Waals surface area contributed by atoms with Gasteiger partial charge in [0.05, 0.1) is 0 Å². The van der Waals surface area contributed by atoms with Gasteiger partial charge in [-0.1, -0.05) is 133 Å². The number of furan rings is 1. The van der Waals surface area contributed by atoms with Crippen molar-refractivity contribution >= 4 is 85.0 Å². The Morgan fingerprint density at radius 2 is 0.492 bits per heavy atom. The molecule has 3 heteroatoms. The quantitative estimate of drug-likeness (QED) is 0.163. The summed E-state index contributed by atoms with van der Waals surface area (Å²) in [6, 6.07) is 80.0. The standard InChI is InChI=1S/C60H36OS2/c1-3-19-57-49(17-1)53-35-47(23-27-59(53)62-57)43-15-7-11-39(31-43)37-9-5-13-41(29-37)45-21-25-55-51(33-45)52-34-46(22-26-56(52)61-55)42-14-6-10-38(30-42)40-12-8-16-44(32-40)48-24-28-60-54(36-48)50-18-2-4-20-58(50)63-60/h1-36H. The van der Waals surface area contributed by atoms with Gasteiger partial charge in [0.1, 0.15) is 11.2 Å². The molecule has 0 aliphatic carbocycles. The summed E-state index contributed by atoms with van der Waals surface area (Å²) in [6.45, 7) is 0. The predicted molar refractivity (Wildman–Crippen MR) is 272 cm³/mol. The van der Waals surface area contributed by atoms with Gasteiger partial charge in [-0.25, -0.2) is 0 Å². The zero-order valence-electron chi connectivity index (χ0n) is 34.0. The largest absolute Gasteiger partial charge is 0.456 e. The van der Waals surface area contributed by atoms with E-state index >= 15 is 0 Å². The Balaban J connectivity index is 0.813. The lowest BCUT2D eigenvalue weighted by atomic mass is 9.94. The van der Waals surface area contributed by atoms with E-state index in [0.717, 1.165) is 33.1 Å². The van der Waals surface area contributed by atoms with E-state index in [-0.39, 0.29) is 0 Å². The molecule has 0 spiro atoms. The van der Waals surface area contributed by atoms with Crippen LogP contribution in [0.4, 0.5) is 0 Å². The molecule has 1 nitrogen and oxygen atoms in total. The van der Waals surface area contributed by atoms with Crippen LogP contribution in [-0.2, 0) is 0 Å². The first-order valence-corrected chi connectivity index (χ1v) is 23.0. The minimum absolute atomic E-state index is 0.893. The average molecular weight is 837 g/mol. The molecule has 0 unspecified atom stereocenters. The molecule has 0 amide bonds. The molecule has 0 aliphatic heterocycles. The first kappa shape index (κ1) is 36.1. The van der Waals surface area contributed by atoms with E-state index in [0.29, 0.717) is 0 Å². The van der Waals surface area contributed by atoms with Gasteiger partial charge in [0, 0.05) is 51.1 Å². The second kappa shape index (κ2) is 14.5. The van der Waals surface area contributed by atoms with Gasteiger partial charge >= 0.3 is 0 Å². The molecule has 0 saturated carbocycles. The van der Waals surface area contributed by atoms with E-state index in [4.69, 9.17) is 4.42 Å². The smallest absolute Gasteiger partial charge is 0.135 e. The minimum atomic E-state index is 0.893. The van der Waals surface area contributed by atoms with Crippen molar-refractivity contribution in [2.75, 3.05) is 0 Å². The van der Waals surface area contributed by atoms with Crippen LogP contribution in [0.2, 0.25) is 0 Å². The van der Waals surface area contributed by atoms with Gasteiger partial charge in [0.25, 0.3) is 0 Å². The molecule has 0 N–H and O–H groups in total. The monoisotopic (exact) mass is 836 g/mol. The van der Waals surface area contributed by atoms with Crippen LogP contribution < -0.4 is 0 Å². The zero-order valence-corrected chi connectivity index (χ0v) is 35.6. The fraction of sp³-hybridized carbons (Fsp3) is 0. The van der Waals surface area contributed by atoms with Gasteiger partial charge in [-0.2, -0.15) is 0 Å². The summed E-state index contributed by atoms with van der Waals surface area (Å²) in [7, 11) is 0. The van der Waals surface area contributed by atoms with Crippen LogP contribution in [0.1, 0.15) is 0 Å². The lowest BCUT2D eigenvalue weighted by Gasteiger charge is -2.09. The van der Waals surface area contributed by atoms with Crippen LogP contribution in [0, 0.1) is 0 Å². The van der Waals surface area contributed by atoms with E-state index < -0.39 is 0 Å². The van der Waals surface area contributed by atoms with Crippen molar-refractivity contribution in [2.24, 2.45) is 0 Å². The van der Waals surface area contributed by atoms with Gasteiger partial charge in [-0.3, -0.25) is 0 Å². The van der Waals surface area contributed by atoms with E-state index in [1.54, 1.807) is 0 Å². The molecule has 0 atom stereocenters. The Kier molecular flexibility index (Phi) is 8.33. The normalized spacial score (nSPS) is 11.8. The second-order valence-corrected chi connectivity index (χ2v) is 18.6. The molecule has 0 radical (unpaired) electrons. The number of hydrogen-bond acceptors (Lipinski definition) is 3. The maximum Gasteiger partial charge on any atom is 0.135 e. The van der Waals surface area contributed by atoms with Crippen molar-refractivity contribution in [3.63, 3.8) is 0 Å². The van der Waals surface area contributed by atoms with Gasteiger partial charge in [0.15, 0.2) is 0 Å². The molecule has 63 heavy (non-hydrogen) atoms. The molecule has 0 bridgehead atoms. The van der Waals surface area contributed by atoms with Crippen molar-refractivity contribution in [1.82, 2.24) is 0 Å². The lowest BCUT2D eigenvalue weighted by molar-refractivity contribution is 0.669. The summed E-state index contributed by atoms with van der Waals surface area (Å²) >= 11 is 3.72. The first-order valence-electron chi connectivity index (χ1n) is 21.4. The summed E-state index contributed by atoms with van der Waals surface area (Å²) < 4.78 is 11.7. The summed E-state index contributed by atoms with van der Waals surface area (Å²) in [4.78, 5) is 0. The van der Waals surface area contributed by atoms with Gasteiger partial charge in [-0.15, -0.1) is 22.7 Å². The molecular formula is C60H36OS2. The Hall–Kier alpha value is -7.56. The maximum atomic E-state index is 6.42. The Morgan fingerprint density at radius 3 is 0.857 bits per heavy atom. The topological polar surface area (TPSA) is 13.1 Å². The summed E-state index contributed by atoms with van der Waals surface area (Å²) in [5, 5.41) is 7.53. The van der Waals surface area contributed by atoms with E-state index in [1.165, 1.54) is 96.0 Å². The molecule has 13 aromatic rings. The SMILES string of the molecule is c1cc(-c2cccc(-c3ccc4sc5ccccc5c4c3)c2)cc(-c2ccc3oc4ccc(-c5cccc(-c6cccc(-c7ccc8sc9ccccc9c8c7)c6)c5)cc4c3c2)c1. The van der Waals surface area contributed by atoms with E-state index in [2.05, 4.69) is 218 Å². The fourth-order valence-electron chi connectivity index (χ4n) is 9.46. The van der Waals surface area contributed by atoms with Crippen molar-refractivity contribution in [3.8, 4) is 66.8 Å². The van der Waals surface area contributed by atoms with E-state index in [1.807, 2.05) is 22.7 Å². The number of rotatable bonds is 6. The highest BCUT2D eigenvalue weighted by molar-refractivity contribution is 7.26. The lowest BCUT2D eigenvalue weighted by Crippen LogP contribution is -1.84. The van der Waals surface area contributed by atoms with Crippen LogP contribution in [0.25, 0.3) is 129 Å². The number of fused-ring (bicyclic) bond motifs is 9. The molecule has 10 aromatic carbocycles. The van der Waals surface area contributed by atoms with Crippen LogP contribution in [0.15, 0.2) is 223 Å². The van der Waals surface area contributed by atoms with Crippen molar-refractivity contribution in [3.05, 3.63) is 218 Å². The fourth-order valence-corrected chi connectivity index (χ4v) is 11.6. The van der Waals surface area contributed by atoms with Gasteiger partial charge in [-0.05, 0) is 152 Å². The number of hydrogen-bond donors (Lipinski definition) is 0. The van der Waals surface area contributed by atoms with Crippen molar-refractivity contribution in [2.45, 2.75) is 0 Å². The van der Waals surface area contributed by atoms with Crippen LogP contribution >= 0.6 is 22.7 Å². The highest BCUT2D eigenvalue weighted by atomic mass is 32.1. The number of thiophene rings is 2. The number of benzene rings is 10. The molecule has 0 fully saturated rings. The second-order valence-electron chi connectivity index (χ2n) is 16.5. The Bertz CT molecular complexity index is 3680. The first-order chi connectivity index (χ1) is 31.1. The minimum Gasteiger partial charge on any atom is -0.456 e. The Morgan fingerprint density at radius 1 is 0.206 bits per heavy atom. The molecule has 0 saturated heterocycles. The molecular weight excluding hydrogens is 801 g/mol. The maximum absolute atomic E-state index is 6.42. The van der Waals surface area contributed by atoms with Crippen LogP contribution in [0.3, 0.4) is 0 Å². The van der Waals surface area contributed by atoms with Crippen LogP contribution in [-0.4, -0.2) is 0 Å². The van der Waals surface area contributed by atoms with E-state index in [9.17, 15) is 0 Å². The average Bonchev–Trinajstić information content (AvgIpc) is 4.04. The summed E-state index contributed by atoms with van der Waals surface area (Å²) in [5.41, 5.74) is 16.2. The van der Waals surface area contributed by atoms with Gasteiger partial charge in [0.2, 0.25) is 0 Å².